The molecule has 0 aliphatic heterocycles. The maximum Gasteiger partial charge on any atom is 0.115 e. The maximum atomic E-state index is 12.5. The third kappa shape index (κ3) is 3.81. The molecule has 7 atom stereocenters. The van der Waals surface area contributed by atoms with Crippen LogP contribution in [0.2, 0.25) is 0 Å². The maximum absolute atomic E-state index is 12.5. The summed E-state index contributed by atoms with van der Waals surface area (Å²) in [5, 5.41) is 3.90. The lowest BCUT2D eigenvalue weighted by Crippen LogP contribution is -2.55. The molecule has 0 aromatic rings. The minimum absolute atomic E-state index is 0.107. The topological polar surface area (TPSA) is 29.4 Å². The summed E-state index contributed by atoms with van der Waals surface area (Å²) >= 11 is 0. The normalized spacial score (nSPS) is 41.0. The first kappa shape index (κ1) is 25.9. The SMILES string of the molecule is C=C(CCCC1CC=C2C3=C(C(N=O)CC21C)C1(C)CC(C)C(CC)C(C)(C)C1CC3)C(C)C. The summed E-state index contributed by atoms with van der Waals surface area (Å²) in [7, 11) is 0. The molecule has 34 heavy (non-hydrogen) atoms. The average molecular weight is 466 g/mol. The molecule has 0 spiro atoms. The summed E-state index contributed by atoms with van der Waals surface area (Å²) in [6.45, 7) is 23.7. The van der Waals surface area contributed by atoms with Crippen molar-refractivity contribution < 1.29 is 0 Å². The van der Waals surface area contributed by atoms with Gasteiger partial charge in [0.1, 0.15) is 6.04 Å². The molecule has 0 saturated heterocycles. The Bertz CT molecular complexity index is 891. The van der Waals surface area contributed by atoms with E-state index in [1.165, 1.54) is 49.7 Å². The molecule has 0 radical (unpaired) electrons. The van der Waals surface area contributed by atoms with Gasteiger partial charge in [-0.1, -0.05) is 85.2 Å². The van der Waals surface area contributed by atoms with Gasteiger partial charge in [-0.2, -0.15) is 4.91 Å². The number of nitrogens with zero attached hydrogens (tertiary/aromatic N) is 1. The lowest BCUT2D eigenvalue weighted by atomic mass is 9.42. The molecular weight excluding hydrogens is 414 g/mol. The Morgan fingerprint density at radius 2 is 1.88 bits per heavy atom. The van der Waals surface area contributed by atoms with Gasteiger partial charge < -0.3 is 0 Å². The van der Waals surface area contributed by atoms with Crippen LogP contribution in [-0.4, -0.2) is 6.04 Å². The van der Waals surface area contributed by atoms with Gasteiger partial charge >= 0.3 is 0 Å². The molecule has 1 saturated carbocycles. The van der Waals surface area contributed by atoms with E-state index in [2.05, 4.69) is 73.2 Å². The van der Waals surface area contributed by atoms with E-state index in [1.807, 2.05) is 0 Å². The van der Waals surface area contributed by atoms with Gasteiger partial charge in [-0.15, -0.1) is 0 Å². The van der Waals surface area contributed by atoms with E-state index in [0.29, 0.717) is 29.1 Å². The number of hydrogen-bond donors (Lipinski definition) is 0. The molecule has 4 aliphatic carbocycles. The van der Waals surface area contributed by atoms with E-state index >= 15 is 0 Å². The Morgan fingerprint density at radius 3 is 2.50 bits per heavy atom. The molecule has 2 heteroatoms. The molecule has 0 N–H and O–H groups in total. The van der Waals surface area contributed by atoms with Crippen molar-refractivity contribution in [3.05, 3.63) is 39.9 Å². The highest BCUT2D eigenvalue weighted by Gasteiger charge is 2.60. The molecule has 2 nitrogen and oxygen atoms in total. The standard InChI is InChI=1S/C32H51NO/c1-10-25-22(5)18-32(9)28(30(25,6)7)17-15-24-26-16-14-23(13-11-12-21(4)20(2)3)31(26,8)19-27(33-34)29(24)32/h16,20,22-23,25,27-28H,4,10-15,17-19H2,1-3,5-9H3. The monoisotopic (exact) mass is 465 g/mol. The Labute approximate surface area is 210 Å². The smallest absolute Gasteiger partial charge is 0.115 e. The molecule has 4 rings (SSSR count). The van der Waals surface area contributed by atoms with Crippen molar-refractivity contribution in [2.75, 3.05) is 0 Å². The largest absolute Gasteiger partial charge is 0.150 e. The van der Waals surface area contributed by atoms with Crippen molar-refractivity contribution in [3.8, 4) is 0 Å². The van der Waals surface area contributed by atoms with Crippen LogP contribution < -0.4 is 0 Å². The van der Waals surface area contributed by atoms with Crippen LogP contribution in [0.1, 0.15) is 113 Å². The predicted molar refractivity (Wildman–Crippen MR) is 146 cm³/mol. The van der Waals surface area contributed by atoms with Gasteiger partial charge in [0.05, 0.1) is 0 Å². The fourth-order valence-corrected chi connectivity index (χ4v) is 9.92. The first-order valence-corrected chi connectivity index (χ1v) is 14.4. The fraction of sp³-hybridized carbons (Fsp3) is 0.812. The van der Waals surface area contributed by atoms with Crippen LogP contribution >= 0.6 is 0 Å². The minimum Gasteiger partial charge on any atom is -0.150 e. The number of nitroso groups, excluding NO2 is 1. The molecule has 1 fully saturated rings. The van der Waals surface area contributed by atoms with E-state index < -0.39 is 0 Å². The van der Waals surface area contributed by atoms with E-state index in [-0.39, 0.29) is 16.9 Å². The lowest BCUT2D eigenvalue weighted by molar-refractivity contribution is -0.0739. The number of hydrogen-bond acceptors (Lipinski definition) is 2. The Morgan fingerprint density at radius 1 is 1.18 bits per heavy atom. The number of rotatable bonds is 7. The van der Waals surface area contributed by atoms with Crippen LogP contribution in [-0.2, 0) is 0 Å². The molecule has 4 aliphatic rings. The second kappa shape index (κ2) is 9.04. The Kier molecular flexibility index (Phi) is 6.89. The number of fused-ring (bicyclic) bond motifs is 4. The third-order valence-electron chi connectivity index (χ3n) is 11.5. The molecule has 0 aromatic heterocycles. The molecule has 7 unspecified atom stereocenters. The van der Waals surface area contributed by atoms with E-state index in [0.717, 1.165) is 25.2 Å². The van der Waals surface area contributed by atoms with E-state index in [9.17, 15) is 4.91 Å². The second-order valence-electron chi connectivity index (χ2n) is 13.9. The van der Waals surface area contributed by atoms with Gasteiger partial charge in [-0.3, -0.25) is 0 Å². The summed E-state index contributed by atoms with van der Waals surface area (Å²) in [4.78, 5) is 12.5. The van der Waals surface area contributed by atoms with Crippen molar-refractivity contribution in [3.63, 3.8) is 0 Å². The van der Waals surface area contributed by atoms with Crippen LogP contribution in [0.15, 0.2) is 40.1 Å². The Balaban J connectivity index is 1.66. The highest BCUT2D eigenvalue weighted by molar-refractivity contribution is 5.52. The quantitative estimate of drug-likeness (QED) is 0.272. The van der Waals surface area contributed by atoms with Crippen molar-refractivity contribution >= 4 is 0 Å². The molecule has 0 heterocycles. The van der Waals surface area contributed by atoms with Gasteiger partial charge in [0.25, 0.3) is 0 Å². The van der Waals surface area contributed by atoms with E-state index in [1.54, 1.807) is 11.1 Å². The van der Waals surface area contributed by atoms with Crippen LogP contribution in [0.25, 0.3) is 0 Å². The highest BCUT2D eigenvalue weighted by Crippen LogP contribution is 2.68. The zero-order valence-corrected chi connectivity index (χ0v) is 23.5. The van der Waals surface area contributed by atoms with Crippen LogP contribution in [0.5, 0.6) is 0 Å². The summed E-state index contributed by atoms with van der Waals surface area (Å²) in [6.07, 6.45) is 13.1. The molecule has 0 amide bonds. The first-order chi connectivity index (χ1) is 15.9. The van der Waals surface area contributed by atoms with E-state index in [4.69, 9.17) is 0 Å². The van der Waals surface area contributed by atoms with Crippen LogP contribution in [0.4, 0.5) is 0 Å². The minimum atomic E-state index is -0.141. The van der Waals surface area contributed by atoms with Gasteiger partial charge in [0.2, 0.25) is 0 Å². The second-order valence-corrected chi connectivity index (χ2v) is 13.9. The van der Waals surface area contributed by atoms with Gasteiger partial charge in [0, 0.05) is 0 Å². The third-order valence-corrected chi connectivity index (χ3v) is 11.5. The summed E-state index contributed by atoms with van der Waals surface area (Å²) in [5.74, 6) is 3.31. The lowest BCUT2D eigenvalue weighted by Gasteiger charge is -2.62. The summed E-state index contributed by atoms with van der Waals surface area (Å²) < 4.78 is 0. The zero-order chi connectivity index (χ0) is 25.1. The summed E-state index contributed by atoms with van der Waals surface area (Å²) in [6, 6.07) is -0.141. The zero-order valence-electron chi connectivity index (χ0n) is 23.5. The Hall–Kier alpha value is -1.18. The van der Waals surface area contributed by atoms with Gasteiger partial charge in [-0.05, 0) is 114 Å². The van der Waals surface area contributed by atoms with Crippen LogP contribution in [0.3, 0.4) is 0 Å². The van der Waals surface area contributed by atoms with Gasteiger partial charge in [0.15, 0.2) is 0 Å². The van der Waals surface area contributed by atoms with Crippen molar-refractivity contribution in [1.29, 1.82) is 0 Å². The van der Waals surface area contributed by atoms with Crippen LogP contribution in [0, 0.1) is 50.7 Å². The van der Waals surface area contributed by atoms with Gasteiger partial charge in [-0.25, -0.2) is 0 Å². The molecular formula is C32H51NO. The van der Waals surface area contributed by atoms with Crippen molar-refractivity contribution in [2.24, 2.45) is 51.0 Å². The van der Waals surface area contributed by atoms with Crippen molar-refractivity contribution in [1.82, 2.24) is 0 Å². The predicted octanol–water partition coefficient (Wildman–Crippen LogP) is 9.67. The van der Waals surface area contributed by atoms with Crippen molar-refractivity contribution in [2.45, 2.75) is 119 Å². The first-order valence-electron chi connectivity index (χ1n) is 14.4. The molecule has 0 bridgehead atoms. The average Bonchev–Trinajstić information content (AvgIpc) is 3.08. The molecule has 0 aromatic carbocycles. The summed E-state index contributed by atoms with van der Waals surface area (Å²) in [5.41, 5.74) is 6.53. The highest BCUT2D eigenvalue weighted by atomic mass is 16.3. The molecule has 190 valence electrons. The number of allylic oxidation sites excluding steroid dienone is 4. The fourth-order valence-electron chi connectivity index (χ4n) is 9.92.